The number of hydrazine groups is 2. The first-order chi connectivity index (χ1) is 17.8. The van der Waals surface area contributed by atoms with Crippen molar-refractivity contribution in [2.75, 3.05) is 29.1 Å². The number of pyridine rings is 1. The van der Waals surface area contributed by atoms with Crippen LogP contribution in [-0.2, 0) is 16.1 Å². The predicted octanol–water partition coefficient (Wildman–Crippen LogP) is 0.0189. The molecule has 0 radical (unpaired) electrons. The second kappa shape index (κ2) is 9.29. The highest BCUT2D eigenvalue weighted by molar-refractivity contribution is 6.11. The zero-order chi connectivity index (χ0) is 26.3. The zero-order valence-corrected chi connectivity index (χ0v) is 20.0. The fourth-order valence-corrected chi connectivity index (χ4v) is 4.45. The Bertz CT molecular complexity index is 1430. The van der Waals surface area contributed by atoms with E-state index in [-0.39, 0.29) is 30.6 Å². The van der Waals surface area contributed by atoms with Crippen LogP contribution in [0.5, 0.6) is 0 Å². The minimum absolute atomic E-state index is 0.0828. The van der Waals surface area contributed by atoms with Gasteiger partial charge in [-0.2, -0.15) is 0 Å². The molecule has 0 atom stereocenters. The van der Waals surface area contributed by atoms with Crippen LogP contribution in [0.4, 0.5) is 17.2 Å². The fourth-order valence-electron chi connectivity index (χ4n) is 4.45. The van der Waals surface area contributed by atoms with Crippen molar-refractivity contribution in [2.45, 2.75) is 13.5 Å². The molecule has 0 aliphatic carbocycles. The molecule has 2 aromatic heterocycles. The Hall–Kier alpha value is -4.88. The van der Waals surface area contributed by atoms with E-state index in [1.165, 1.54) is 27.7 Å². The standard InChI is InChI=1S/C24H26N10O3/c1-14(35)32(25)20-9-15(7-8-29-20)22-23(33(26)16-5-3-2-4-6-16)21-18(34(22)27)11-31(12-19(21)36)24(37)17-10-28-13-30-17/h2-10,28,30H,11-13,25-27H2,1H3. The van der Waals surface area contributed by atoms with Gasteiger partial charge in [-0.05, 0) is 24.3 Å². The SMILES string of the molecule is CC(=O)N(N)c1cc(-c2c(N(N)c3ccccc3)c3c(n2N)CN(C(=O)C2=CNCN2)CC3=O)ccn1. The van der Waals surface area contributed by atoms with Gasteiger partial charge in [-0.1, -0.05) is 18.2 Å². The van der Waals surface area contributed by atoms with Crippen molar-refractivity contribution in [1.29, 1.82) is 0 Å². The summed E-state index contributed by atoms with van der Waals surface area (Å²) in [5.74, 6) is 18.2. The van der Waals surface area contributed by atoms with Crippen LogP contribution >= 0.6 is 0 Å². The van der Waals surface area contributed by atoms with E-state index in [4.69, 9.17) is 17.5 Å². The summed E-state index contributed by atoms with van der Waals surface area (Å²) in [6, 6.07) is 12.4. The molecule has 4 heterocycles. The van der Waals surface area contributed by atoms with Crippen molar-refractivity contribution >= 4 is 34.8 Å². The van der Waals surface area contributed by atoms with E-state index >= 15 is 0 Å². The van der Waals surface area contributed by atoms with Gasteiger partial charge in [0.05, 0.1) is 48.1 Å². The molecule has 13 nitrogen and oxygen atoms in total. The van der Waals surface area contributed by atoms with Gasteiger partial charge in [-0.15, -0.1) is 0 Å². The first-order valence-electron chi connectivity index (χ1n) is 11.4. The second-order valence-corrected chi connectivity index (χ2v) is 8.59. The molecule has 8 N–H and O–H groups in total. The minimum Gasteiger partial charge on any atom is -0.372 e. The lowest BCUT2D eigenvalue weighted by atomic mass is 10.0. The molecule has 3 aromatic rings. The number of carbonyl (C=O) groups is 3. The van der Waals surface area contributed by atoms with E-state index in [0.29, 0.717) is 46.3 Å². The van der Waals surface area contributed by atoms with E-state index in [9.17, 15) is 14.4 Å². The van der Waals surface area contributed by atoms with Crippen molar-refractivity contribution in [1.82, 2.24) is 25.2 Å². The van der Waals surface area contributed by atoms with Crippen molar-refractivity contribution in [3.8, 4) is 11.3 Å². The second-order valence-electron chi connectivity index (χ2n) is 8.59. The monoisotopic (exact) mass is 502 g/mol. The summed E-state index contributed by atoms with van der Waals surface area (Å²) in [5, 5.41) is 8.17. The molecule has 1 aromatic carbocycles. The molecule has 0 saturated carbocycles. The van der Waals surface area contributed by atoms with Crippen LogP contribution in [0.2, 0.25) is 0 Å². The maximum absolute atomic E-state index is 13.5. The lowest BCUT2D eigenvalue weighted by molar-refractivity contribution is -0.127. The summed E-state index contributed by atoms with van der Waals surface area (Å²) in [6.45, 7) is 1.68. The van der Waals surface area contributed by atoms with Crippen LogP contribution in [0, 0.1) is 0 Å². The predicted molar refractivity (Wildman–Crippen MR) is 137 cm³/mol. The Morgan fingerprint density at radius 3 is 2.54 bits per heavy atom. The molecule has 37 heavy (non-hydrogen) atoms. The summed E-state index contributed by atoms with van der Waals surface area (Å²) in [5.41, 5.74) is 3.01. The van der Waals surface area contributed by atoms with Crippen molar-refractivity contribution in [3.05, 3.63) is 71.8 Å². The fraction of sp³-hybridized carbons (Fsp3) is 0.167. The van der Waals surface area contributed by atoms with Gasteiger partial charge in [0, 0.05) is 24.9 Å². The van der Waals surface area contributed by atoms with Gasteiger partial charge in [-0.3, -0.25) is 24.1 Å². The summed E-state index contributed by atoms with van der Waals surface area (Å²) < 4.78 is 1.35. The normalized spacial score (nSPS) is 14.4. The molecular formula is C24H26N10O3. The van der Waals surface area contributed by atoms with Gasteiger partial charge in [0.2, 0.25) is 5.91 Å². The summed E-state index contributed by atoms with van der Waals surface area (Å²) in [4.78, 5) is 44.0. The van der Waals surface area contributed by atoms with Gasteiger partial charge < -0.3 is 21.4 Å². The Kier molecular flexibility index (Phi) is 5.99. The van der Waals surface area contributed by atoms with Crippen molar-refractivity contribution in [2.24, 2.45) is 11.7 Å². The van der Waals surface area contributed by atoms with Gasteiger partial charge >= 0.3 is 0 Å². The van der Waals surface area contributed by atoms with Crippen LogP contribution in [0.15, 0.2) is 60.6 Å². The van der Waals surface area contributed by atoms with E-state index < -0.39 is 5.91 Å². The van der Waals surface area contributed by atoms with Crippen LogP contribution < -0.4 is 38.2 Å². The topological polar surface area (TPSA) is 181 Å². The summed E-state index contributed by atoms with van der Waals surface area (Å²) in [7, 11) is 0. The number of hydrogen-bond donors (Lipinski definition) is 5. The number of benzene rings is 1. The van der Waals surface area contributed by atoms with Crippen LogP contribution in [0.3, 0.4) is 0 Å². The lowest BCUT2D eigenvalue weighted by Crippen LogP contribution is -2.43. The Labute approximate surface area is 212 Å². The average molecular weight is 503 g/mol. The van der Waals surface area contributed by atoms with Crippen molar-refractivity contribution < 1.29 is 14.4 Å². The smallest absolute Gasteiger partial charge is 0.272 e. The Morgan fingerprint density at radius 1 is 1.11 bits per heavy atom. The molecule has 2 aliphatic rings. The first-order valence-corrected chi connectivity index (χ1v) is 11.4. The third kappa shape index (κ3) is 4.11. The molecular weight excluding hydrogens is 476 g/mol. The maximum Gasteiger partial charge on any atom is 0.272 e. The number of nitrogens with two attached hydrogens (primary N) is 3. The number of hydrogen-bond acceptors (Lipinski definition) is 10. The van der Waals surface area contributed by atoms with E-state index in [1.807, 2.05) is 18.2 Å². The van der Waals surface area contributed by atoms with Gasteiger partial charge in [0.25, 0.3) is 5.91 Å². The zero-order valence-electron chi connectivity index (χ0n) is 20.0. The van der Waals surface area contributed by atoms with Crippen LogP contribution in [-0.4, -0.2) is 45.4 Å². The maximum atomic E-state index is 13.5. The minimum atomic E-state index is -0.411. The Morgan fingerprint density at radius 2 is 1.86 bits per heavy atom. The molecule has 2 aliphatic heterocycles. The number of para-hydroxylation sites is 1. The highest BCUT2D eigenvalue weighted by atomic mass is 16.2. The summed E-state index contributed by atoms with van der Waals surface area (Å²) >= 11 is 0. The molecule has 0 bridgehead atoms. The molecule has 190 valence electrons. The van der Waals surface area contributed by atoms with E-state index in [1.54, 1.807) is 30.5 Å². The molecule has 2 amide bonds. The quantitative estimate of drug-likeness (QED) is 0.181. The molecule has 0 fully saturated rings. The number of carbonyl (C=O) groups excluding carboxylic acids is 3. The van der Waals surface area contributed by atoms with E-state index in [0.717, 1.165) is 5.01 Å². The number of aromatic nitrogens is 2. The largest absolute Gasteiger partial charge is 0.372 e. The van der Waals surface area contributed by atoms with E-state index in [2.05, 4.69) is 15.6 Å². The summed E-state index contributed by atoms with van der Waals surface area (Å²) in [6.07, 6.45) is 3.05. The highest BCUT2D eigenvalue weighted by Gasteiger charge is 2.37. The molecule has 13 heteroatoms. The van der Waals surface area contributed by atoms with Crippen LogP contribution in [0.25, 0.3) is 11.3 Å². The number of rotatable bonds is 5. The number of nitrogens with zero attached hydrogens (tertiary/aromatic N) is 5. The third-order valence-electron chi connectivity index (χ3n) is 6.26. The molecule has 0 spiro atoms. The van der Waals surface area contributed by atoms with Gasteiger partial charge in [-0.25, -0.2) is 21.7 Å². The number of ketones is 1. The molecule has 0 unspecified atom stereocenters. The third-order valence-corrected chi connectivity index (χ3v) is 6.26. The van der Waals surface area contributed by atoms with Gasteiger partial charge in [0.1, 0.15) is 11.5 Å². The number of anilines is 3. The number of amides is 2. The average Bonchev–Trinajstić information content (AvgIpc) is 3.55. The lowest BCUT2D eigenvalue weighted by Gasteiger charge is -2.28. The number of nitrogens with one attached hydrogen (secondary N) is 2. The number of Topliss-reactive ketones (excluding diaryl/α,β-unsaturated/α-hetero) is 1. The Balaban J connectivity index is 1.67. The highest BCUT2D eigenvalue weighted by Crippen LogP contribution is 2.42. The van der Waals surface area contributed by atoms with Crippen LogP contribution in [0.1, 0.15) is 23.0 Å². The number of nitrogen functional groups attached to an aromatic ring is 1. The molecule has 5 rings (SSSR count). The number of fused-ring (bicyclic) bond motifs is 1. The van der Waals surface area contributed by atoms with Crippen molar-refractivity contribution in [3.63, 3.8) is 0 Å². The first kappa shape index (κ1) is 23.8. The van der Waals surface area contributed by atoms with Gasteiger partial charge in [0.15, 0.2) is 5.78 Å². The molecule has 0 saturated heterocycles.